The smallest absolute Gasteiger partial charge is 0.337 e. The Bertz CT molecular complexity index is 1280. The molecule has 4 aromatic rings. The molecule has 1 aromatic heterocycles. The fraction of sp³-hybridized carbons (Fsp3) is 0.0769. The van der Waals surface area contributed by atoms with E-state index in [9.17, 15) is 9.90 Å². The summed E-state index contributed by atoms with van der Waals surface area (Å²) in [6.45, 7) is 0.315. The van der Waals surface area contributed by atoms with Crippen LogP contribution in [0.25, 0.3) is 11.3 Å². The molecule has 4 rings (SSSR count). The van der Waals surface area contributed by atoms with E-state index >= 15 is 0 Å². The summed E-state index contributed by atoms with van der Waals surface area (Å²) >= 11 is 12.2. The second-order valence-corrected chi connectivity index (χ2v) is 8.03. The van der Waals surface area contributed by atoms with Crippen LogP contribution in [0.2, 0.25) is 10.0 Å². The van der Waals surface area contributed by atoms with Crippen LogP contribution in [0, 0.1) is 0 Å². The van der Waals surface area contributed by atoms with Crippen molar-refractivity contribution in [1.29, 1.82) is 0 Å². The molecule has 0 spiro atoms. The summed E-state index contributed by atoms with van der Waals surface area (Å²) in [6.07, 6.45) is 0. The van der Waals surface area contributed by atoms with Crippen molar-refractivity contribution in [3.63, 3.8) is 0 Å². The van der Waals surface area contributed by atoms with E-state index in [-0.39, 0.29) is 17.9 Å². The number of carboxylic acids is 1. The number of hydrogen-bond donors (Lipinski definition) is 1. The minimum atomic E-state index is -1.09. The summed E-state index contributed by atoms with van der Waals surface area (Å²) in [5, 5.41) is 10.7. The van der Waals surface area contributed by atoms with Gasteiger partial charge in [-0.25, -0.2) is 9.78 Å². The van der Waals surface area contributed by atoms with E-state index in [1.165, 1.54) is 6.07 Å². The van der Waals surface area contributed by atoms with Gasteiger partial charge in [-0.15, -0.1) is 0 Å². The Morgan fingerprint density at radius 2 is 1.61 bits per heavy atom. The van der Waals surface area contributed by atoms with Crippen LogP contribution in [-0.2, 0) is 13.2 Å². The highest BCUT2D eigenvalue weighted by atomic mass is 35.5. The number of carbonyl (C=O) groups is 1. The lowest BCUT2D eigenvalue weighted by Crippen LogP contribution is -2.09. The molecule has 0 aliphatic rings. The second-order valence-electron chi connectivity index (χ2n) is 7.16. The third-order valence-corrected chi connectivity index (χ3v) is 5.30. The lowest BCUT2D eigenvalue weighted by atomic mass is 10.1. The number of pyridine rings is 1. The van der Waals surface area contributed by atoms with Crippen LogP contribution in [0.5, 0.6) is 11.5 Å². The lowest BCUT2D eigenvalue weighted by molar-refractivity contribution is 0.0693. The van der Waals surface area contributed by atoms with Gasteiger partial charge in [0.15, 0.2) is 0 Å². The first-order chi connectivity index (χ1) is 16.0. The van der Waals surface area contributed by atoms with Crippen molar-refractivity contribution in [2.24, 2.45) is 0 Å². The maximum absolute atomic E-state index is 11.7. The highest BCUT2D eigenvalue weighted by molar-refractivity contribution is 6.31. The number of aromatic carboxylic acids is 1. The normalized spacial score (nSPS) is 10.6. The molecular weight excluding hydrogens is 461 g/mol. The zero-order chi connectivity index (χ0) is 23.2. The van der Waals surface area contributed by atoms with Crippen molar-refractivity contribution >= 4 is 29.2 Å². The second kappa shape index (κ2) is 10.4. The Labute approximate surface area is 201 Å². The maximum atomic E-state index is 11.7. The molecule has 0 bridgehead atoms. The Morgan fingerprint density at radius 1 is 0.818 bits per heavy atom. The van der Waals surface area contributed by atoms with Gasteiger partial charge < -0.3 is 14.6 Å². The van der Waals surface area contributed by atoms with Gasteiger partial charge in [-0.1, -0.05) is 59.6 Å². The molecule has 0 atom stereocenters. The molecule has 0 radical (unpaired) electrons. The van der Waals surface area contributed by atoms with Gasteiger partial charge in [0, 0.05) is 15.6 Å². The summed E-state index contributed by atoms with van der Waals surface area (Å²) in [5.41, 5.74) is 2.58. The average molecular weight is 480 g/mol. The molecule has 0 amide bonds. The van der Waals surface area contributed by atoms with Crippen LogP contribution >= 0.6 is 23.2 Å². The number of ether oxygens (including phenoxy) is 2. The van der Waals surface area contributed by atoms with Gasteiger partial charge in [0.05, 0.1) is 17.0 Å². The molecule has 0 aliphatic heterocycles. The highest BCUT2D eigenvalue weighted by Gasteiger charge is 2.16. The number of hydrogen-bond acceptors (Lipinski definition) is 4. The number of benzene rings is 3. The molecule has 0 fully saturated rings. The van der Waals surface area contributed by atoms with Crippen molar-refractivity contribution in [3.05, 3.63) is 112 Å². The van der Waals surface area contributed by atoms with E-state index in [0.717, 1.165) is 5.56 Å². The predicted octanol–water partition coefficient (Wildman–Crippen LogP) is 6.91. The van der Waals surface area contributed by atoms with Gasteiger partial charge in [0.2, 0.25) is 0 Å². The molecule has 0 aliphatic carbocycles. The van der Waals surface area contributed by atoms with Crippen molar-refractivity contribution < 1.29 is 19.4 Å². The van der Waals surface area contributed by atoms with Crippen molar-refractivity contribution in [3.8, 4) is 22.8 Å². The molecule has 3 aromatic carbocycles. The standard InChI is InChI=1S/C26H19Cl2NO4/c27-18-7-4-8-20(13-18)32-16-24-22(26(30)31)11-12-23(29-24)21-10-9-19(28)14-25(21)33-15-17-5-2-1-3-6-17/h1-14H,15-16H2,(H,30,31). The van der Waals surface area contributed by atoms with E-state index < -0.39 is 5.97 Å². The average Bonchev–Trinajstić information content (AvgIpc) is 2.82. The van der Waals surface area contributed by atoms with E-state index in [1.54, 1.807) is 48.5 Å². The monoisotopic (exact) mass is 479 g/mol. The number of aromatic nitrogens is 1. The Morgan fingerprint density at radius 3 is 2.36 bits per heavy atom. The van der Waals surface area contributed by atoms with E-state index in [1.807, 2.05) is 30.3 Å². The first kappa shape index (κ1) is 22.6. The minimum absolute atomic E-state index is 0.0381. The third-order valence-electron chi connectivity index (χ3n) is 4.83. The lowest BCUT2D eigenvalue weighted by Gasteiger charge is -2.14. The molecule has 5 nitrogen and oxygen atoms in total. The summed E-state index contributed by atoms with van der Waals surface area (Å²) < 4.78 is 11.8. The fourth-order valence-corrected chi connectivity index (χ4v) is 3.57. The van der Waals surface area contributed by atoms with Crippen molar-refractivity contribution in [1.82, 2.24) is 4.98 Å². The van der Waals surface area contributed by atoms with Crippen LogP contribution in [0.1, 0.15) is 21.6 Å². The summed E-state index contributed by atoms with van der Waals surface area (Å²) in [7, 11) is 0. The van der Waals surface area contributed by atoms with Crippen LogP contribution < -0.4 is 9.47 Å². The van der Waals surface area contributed by atoms with Gasteiger partial charge in [-0.3, -0.25) is 0 Å². The molecule has 1 N–H and O–H groups in total. The SMILES string of the molecule is O=C(O)c1ccc(-c2ccc(Cl)cc2OCc2ccccc2)nc1COc1cccc(Cl)c1. The van der Waals surface area contributed by atoms with E-state index in [2.05, 4.69) is 4.98 Å². The Hall–Kier alpha value is -3.54. The number of rotatable bonds is 8. The number of nitrogens with zero attached hydrogens (tertiary/aromatic N) is 1. The minimum Gasteiger partial charge on any atom is -0.488 e. The Balaban J connectivity index is 1.64. The van der Waals surface area contributed by atoms with Crippen molar-refractivity contribution in [2.75, 3.05) is 0 Å². The Kier molecular flexibility index (Phi) is 7.13. The van der Waals surface area contributed by atoms with Crippen LogP contribution in [0.4, 0.5) is 0 Å². The fourth-order valence-electron chi connectivity index (χ4n) is 3.23. The summed E-state index contributed by atoms with van der Waals surface area (Å²) in [6, 6.07) is 25.0. The van der Waals surface area contributed by atoms with Gasteiger partial charge in [-0.05, 0) is 54.1 Å². The molecule has 0 unspecified atom stereocenters. The van der Waals surface area contributed by atoms with Crippen LogP contribution in [0.15, 0.2) is 84.9 Å². The number of halogens is 2. The molecule has 166 valence electrons. The van der Waals surface area contributed by atoms with E-state index in [0.29, 0.717) is 39.4 Å². The first-order valence-corrected chi connectivity index (χ1v) is 10.8. The topological polar surface area (TPSA) is 68.7 Å². The zero-order valence-electron chi connectivity index (χ0n) is 17.4. The first-order valence-electron chi connectivity index (χ1n) is 10.1. The van der Waals surface area contributed by atoms with Gasteiger partial charge in [-0.2, -0.15) is 0 Å². The van der Waals surface area contributed by atoms with Crippen LogP contribution in [-0.4, -0.2) is 16.1 Å². The third kappa shape index (κ3) is 5.83. The summed E-state index contributed by atoms with van der Waals surface area (Å²) in [5.74, 6) is -0.0246. The molecule has 0 saturated carbocycles. The van der Waals surface area contributed by atoms with Gasteiger partial charge in [0.1, 0.15) is 24.7 Å². The molecule has 33 heavy (non-hydrogen) atoms. The zero-order valence-corrected chi connectivity index (χ0v) is 18.9. The largest absolute Gasteiger partial charge is 0.488 e. The molecule has 7 heteroatoms. The number of carboxylic acid groups (broad SMARTS) is 1. The summed E-state index contributed by atoms with van der Waals surface area (Å²) in [4.78, 5) is 16.3. The van der Waals surface area contributed by atoms with E-state index in [4.69, 9.17) is 32.7 Å². The van der Waals surface area contributed by atoms with Crippen LogP contribution in [0.3, 0.4) is 0 Å². The predicted molar refractivity (Wildman–Crippen MR) is 128 cm³/mol. The maximum Gasteiger partial charge on any atom is 0.337 e. The quantitative estimate of drug-likeness (QED) is 0.297. The molecule has 1 heterocycles. The molecule has 0 saturated heterocycles. The van der Waals surface area contributed by atoms with Crippen molar-refractivity contribution in [2.45, 2.75) is 13.2 Å². The highest BCUT2D eigenvalue weighted by Crippen LogP contribution is 2.33. The molecular formula is C26H19Cl2NO4. The van der Waals surface area contributed by atoms with Gasteiger partial charge in [0.25, 0.3) is 0 Å². The van der Waals surface area contributed by atoms with Gasteiger partial charge >= 0.3 is 5.97 Å².